The van der Waals surface area contributed by atoms with Gasteiger partial charge in [0.05, 0.1) is 6.57 Å². The molecule has 0 atom stereocenters. The van der Waals surface area contributed by atoms with Crippen molar-refractivity contribution < 1.29 is 0 Å². The zero-order chi connectivity index (χ0) is 11.5. The van der Waals surface area contributed by atoms with Crippen LogP contribution in [0.3, 0.4) is 0 Å². The Kier molecular flexibility index (Phi) is 3.49. The number of hydrogen-bond acceptors (Lipinski definition) is 0. The van der Waals surface area contributed by atoms with E-state index in [0.717, 1.165) is 6.04 Å². The highest BCUT2D eigenvalue weighted by Gasteiger charge is 2.15. The van der Waals surface area contributed by atoms with Crippen LogP contribution >= 0.6 is 0 Å². The van der Waals surface area contributed by atoms with Gasteiger partial charge in [0.25, 0.3) is 0 Å². The molecule has 0 aromatic heterocycles. The summed E-state index contributed by atoms with van der Waals surface area (Å²) in [6.07, 6.45) is 0. The Labute approximate surface area is 93.3 Å². The van der Waals surface area contributed by atoms with Crippen molar-refractivity contribution in [1.29, 1.82) is 0 Å². The zero-order valence-corrected chi connectivity index (χ0v) is 10.7. The van der Waals surface area contributed by atoms with E-state index in [1.807, 2.05) is 24.3 Å². The first-order chi connectivity index (χ1) is 6.92. The van der Waals surface area contributed by atoms with E-state index in [2.05, 4.69) is 31.1 Å². The minimum atomic E-state index is -1.08. The van der Waals surface area contributed by atoms with E-state index in [0.29, 0.717) is 5.69 Å². The predicted octanol–water partition coefficient (Wildman–Crippen LogP) is 4.59. The van der Waals surface area contributed by atoms with Crippen molar-refractivity contribution in [2.75, 3.05) is 0 Å². The van der Waals surface area contributed by atoms with Crippen LogP contribution in [0.2, 0.25) is 25.7 Å². The molecule has 15 heavy (non-hydrogen) atoms. The van der Waals surface area contributed by atoms with E-state index >= 15 is 0 Å². The van der Waals surface area contributed by atoms with Crippen LogP contribution in [0.15, 0.2) is 30.8 Å². The molecule has 78 valence electrons. The third-order valence-electron chi connectivity index (χ3n) is 2.15. The molecule has 1 nitrogen and oxygen atoms in total. The molecule has 0 aliphatic rings. The molecule has 0 aliphatic heterocycles. The smallest absolute Gasteiger partial charge is 0.187 e. The summed E-state index contributed by atoms with van der Waals surface area (Å²) in [5.74, 6) is 0. The van der Waals surface area contributed by atoms with Gasteiger partial charge in [0.15, 0.2) is 5.69 Å². The van der Waals surface area contributed by atoms with Crippen LogP contribution in [0.5, 0.6) is 0 Å². The maximum absolute atomic E-state index is 6.88. The Hall–Kier alpha value is -1.33. The van der Waals surface area contributed by atoms with Gasteiger partial charge in [0.1, 0.15) is 0 Å². The van der Waals surface area contributed by atoms with Crippen molar-refractivity contribution in [1.82, 2.24) is 0 Å². The highest BCUT2D eigenvalue weighted by Crippen LogP contribution is 2.25. The molecule has 0 radical (unpaired) electrons. The molecule has 0 saturated carbocycles. The van der Waals surface area contributed by atoms with Gasteiger partial charge >= 0.3 is 0 Å². The average Bonchev–Trinajstić information content (AvgIpc) is 2.15. The van der Waals surface area contributed by atoms with Crippen molar-refractivity contribution in [2.24, 2.45) is 0 Å². The van der Waals surface area contributed by atoms with E-state index in [1.54, 1.807) is 0 Å². The van der Waals surface area contributed by atoms with Crippen molar-refractivity contribution in [2.45, 2.75) is 25.7 Å². The molecule has 0 spiro atoms. The summed E-state index contributed by atoms with van der Waals surface area (Å²) in [5, 5.41) is 0. The Bertz CT molecular complexity index is 390. The lowest BCUT2D eigenvalue weighted by molar-refractivity contribution is 1.49. The van der Waals surface area contributed by atoms with Gasteiger partial charge < -0.3 is 0 Å². The van der Waals surface area contributed by atoms with Crippen LogP contribution in [0, 0.1) is 6.57 Å². The van der Waals surface area contributed by atoms with Crippen molar-refractivity contribution in [3.63, 3.8) is 0 Å². The quantitative estimate of drug-likeness (QED) is 0.513. The fraction of sp³-hybridized carbons (Fsp3) is 0.308. The van der Waals surface area contributed by atoms with Gasteiger partial charge in [-0.3, -0.25) is 0 Å². The second kappa shape index (κ2) is 4.46. The van der Waals surface area contributed by atoms with Crippen molar-refractivity contribution in [3.8, 4) is 0 Å². The van der Waals surface area contributed by atoms with Gasteiger partial charge in [-0.2, -0.15) is 0 Å². The summed E-state index contributed by atoms with van der Waals surface area (Å²) in [6.45, 7) is 18.0. The summed E-state index contributed by atoms with van der Waals surface area (Å²) < 4.78 is 0. The molecular weight excluding hydrogens is 198 g/mol. The molecule has 1 aromatic rings. The number of rotatable bonds is 3. The number of nitrogens with zero attached hydrogens (tertiary/aromatic N) is 1. The Balaban J connectivity index is 2.80. The number of hydrogen-bond donors (Lipinski definition) is 0. The molecular formula is C13H17NSi. The van der Waals surface area contributed by atoms with Crippen molar-refractivity contribution in [3.05, 3.63) is 47.8 Å². The van der Waals surface area contributed by atoms with Gasteiger partial charge in [-0.15, -0.1) is 0 Å². The number of benzene rings is 1. The first-order valence-electron chi connectivity index (χ1n) is 5.08. The number of allylic oxidation sites excluding steroid dienone is 1. The molecule has 1 aromatic carbocycles. The lowest BCUT2D eigenvalue weighted by atomic mass is 10.1. The summed E-state index contributed by atoms with van der Waals surface area (Å²) in [5.41, 5.74) is 3.06. The lowest BCUT2D eigenvalue weighted by Gasteiger charge is -2.17. The molecule has 0 bridgehead atoms. The molecule has 0 amide bonds. The van der Waals surface area contributed by atoms with Crippen molar-refractivity contribution >= 4 is 19.3 Å². The fourth-order valence-corrected chi connectivity index (χ4v) is 3.00. The van der Waals surface area contributed by atoms with Gasteiger partial charge in [-0.1, -0.05) is 56.1 Å². The molecule has 0 fully saturated rings. The summed E-state index contributed by atoms with van der Waals surface area (Å²) in [7, 11) is -1.08. The van der Waals surface area contributed by atoms with Gasteiger partial charge in [0.2, 0.25) is 0 Å². The third-order valence-corrected chi connectivity index (χ3v) is 3.64. The van der Waals surface area contributed by atoms with E-state index in [1.165, 1.54) is 11.1 Å². The Morgan fingerprint density at radius 3 is 2.20 bits per heavy atom. The van der Waals surface area contributed by atoms with Crippen LogP contribution < -0.4 is 0 Å². The highest BCUT2D eigenvalue weighted by molar-refractivity contribution is 6.77. The van der Waals surface area contributed by atoms with Crippen LogP contribution in [-0.2, 0) is 0 Å². The third kappa shape index (κ3) is 3.73. The minimum Gasteiger partial charge on any atom is -0.238 e. The van der Waals surface area contributed by atoms with E-state index in [-0.39, 0.29) is 0 Å². The minimum absolute atomic E-state index is 0.694. The topological polar surface area (TPSA) is 4.36 Å². The van der Waals surface area contributed by atoms with Crippen LogP contribution in [-0.4, -0.2) is 8.07 Å². The monoisotopic (exact) mass is 215 g/mol. The molecule has 1 rings (SSSR count). The van der Waals surface area contributed by atoms with Crippen LogP contribution in [0.1, 0.15) is 5.56 Å². The van der Waals surface area contributed by atoms with E-state index in [9.17, 15) is 0 Å². The maximum Gasteiger partial charge on any atom is 0.187 e. The highest BCUT2D eigenvalue weighted by atomic mass is 28.3. The molecule has 0 aliphatic carbocycles. The second-order valence-electron chi connectivity index (χ2n) is 5.00. The average molecular weight is 215 g/mol. The molecule has 0 heterocycles. The lowest BCUT2D eigenvalue weighted by Crippen LogP contribution is -2.19. The Morgan fingerprint density at radius 1 is 1.27 bits per heavy atom. The Morgan fingerprint density at radius 2 is 1.80 bits per heavy atom. The van der Waals surface area contributed by atoms with Gasteiger partial charge in [0, 0.05) is 8.07 Å². The van der Waals surface area contributed by atoms with Gasteiger partial charge in [-0.25, -0.2) is 4.85 Å². The summed E-state index contributed by atoms with van der Waals surface area (Å²) in [4.78, 5) is 3.37. The van der Waals surface area contributed by atoms with Gasteiger partial charge in [-0.05, 0) is 11.6 Å². The maximum atomic E-state index is 6.88. The summed E-state index contributed by atoms with van der Waals surface area (Å²) >= 11 is 0. The normalized spacial score (nSPS) is 10.8. The van der Waals surface area contributed by atoms with Crippen LogP contribution in [0.4, 0.5) is 5.69 Å². The van der Waals surface area contributed by atoms with E-state index in [4.69, 9.17) is 6.57 Å². The molecule has 0 N–H and O–H groups in total. The molecule has 0 saturated heterocycles. The van der Waals surface area contributed by atoms with E-state index < -0.39 is 8.07 Å². The second-order valence-corrected chi connectivity index (χ2v) is 10.5. The SMILES string of the molecule is [C-]#[N+]c1ccc(C(=C)C[Si](C)(C)C)cc1. The first kappa shape index (κ1) is 11.7. The standard InChI is InChI=1S/C13H17NSi/c1-11(10-15(3,4)5)12-6-8-13(14-2)9-7-12/h6-9H,1,10H2,3-5H3. The largest absolute Gasteiger partial charge is 0.238 e. The summed E-state index contributed by atoms with van der Waals surface area (Å²) in [6, 6.07) is 8.82. The first-order valence-corrected chi connectivity index (χ1v) is 8.79. The fourth-order valence-electron chi connectivity index (χ4n) is 1.51. The zero-order valence-electron chi connectivity index (χ0n) is 9.67. The molecule has 0 unspecified atom stereocenters. The van der Waals surface area contributed by atoms with Crippen LogP contribution in [0.25, 0.3) is 10.4 Å². The molecule has 2 heteroatoms. The predicted molar refractivity (Wildman–Crippen MR) is 69.9 cm³/mol.